The maximum absolute atomic E-state index is 13.5. The van der Waals surface area contributed by atoms with E-state index < -0.39 is 0 Å². The summed E-state index contributed by atoms with van der Waals surface area (Å²) in [5.74, 6) is 0.874. The molecule has 0 saturated carbocycles. The number of rotatable bonds is 7. The van der Waals surface area contributed by atoms with Crippen LogP contribution in [0.3, 0.4) is 0 Å². The fraction of sp³-hybridized carbons (Fsp3) is 0.296. The van der Waals surface area contributed by atoms with Gasteiger partial charge >= 0.3 is 0 Å². The van der Waals surface area contributed by atoms with Gasteiger partial charge in [0.05, 0.1) is 20.3 Å². The molecule has 2 unspecified atom stereocenters. The Hall–Kier alpha value is -3.09. The normalized spacial score (nSPS) is 16.4. The summed E-state index contributed by atoms with van der Waals surface area (Å²) in [6.07, 6.45) is 0.822. The molecular weight excluding hydrogens is 455 g/mol. The molecule has 34 heavy (non-hydrogen) atoms. The molecule has 7 heteroatoms. The summed E-state index contributed by atoms with van der Waals surface area (Å²) in [7, 11) is 3.24. The molecule has 1 heterocycles. The predicted molar refractivity (Wildman–Crippen MR) is 131 cm³/mol. The van der Waals surface area contributed by atoms with Crippen molar-refractivity contribution in [1.82, 2.24) is 10.2 Å². The molecule has 3 aromatic rings. The monoisotopic (exact) mass is 482 g/mol. The molecule has 5 nitrogen and oxygen atoms in total. The third-order valence-corrected chi connectivity index (χ3v) is 6.48. The van der Waals surface area contributed by atoms with Crippen LogP contribution in [0, 0.1) is 5.82 Å². The number of methoxy groups -OCH3 is 2. The van der Waals surface area contributed by atoms with Gasteiger partial charge in [0.25, 0.3) is 5.91 Å². The topological polar surface area (TPSA) is 50.8 Å². The number of nitrogens with one attached hydrogen (secondary N) is 1. The number of carbonyl (C=O) groups excluding carboxylic acids is 1. The van der Waals surface area contributed by atoms with E-state index in [9.17, 15) is 9.18 Å². The van der Waals surface area contributed by atoms with E-state index in [-0.39, 0.29) is 23.8 Å². The van der Waals surface area contributed by atoms with Crippen molar-refractivity contribution >= 4 is 17.5 Å². The van der Waals surface area contributed by atoms with Gasteiger partial charge < -0.3 is 14.8 Å². The summed E-state index contributed by atoms with van der Waals surface area (Å²) in [6.45, 7) is 3.40. The number of hydrogen-bond acceptors (Lipinski definition) is 4. The van der Waals surface area contributed by atoms with E-state index in [2.05, 4.69) is 10.2 Å². The van der Waals surface area contributed by atoms with Crippen molar-refractivity contribution in [2.45, 2.75) is 32.0 Å². The Morgan fingerprint density at radius 2 is 1.82 bits per heavy atom. The van der Waals surface area contributed by atoms with Gasteiger partial charge in [-0.05, 0) is 72.5 Å². The van der Waals surface area contributed by atoms with Crippen LogP contribution in [-0.4, -0.2) is 37.6 Å². The Labute approximate surface area is 204 Å². The van der Waals surface area contributed by atoms with E-state index >= 15 is 0 Å². The van der Waals surface area contributed by atoms with Crippen molar-refractivity contribution < 1.29 is 18.7 Å². The summed E-state index contributed by atoms with van der Waals surface area (Å²) < 4.78 is 24.5. The number of hydrogen-bond donors (Lipinski definition) is 1. The van der Waals surface area contributed by atoms with E-state index in [0.29, 0.717) is 28.6 Å². The third kappa shape index (κ3) is 5.18. The second kappa shape index (κ2) is 10.5. The third-order valence-electron chi connectivity index (χ3n) is 6.24. The van der Waals surface area contributed by atoms with E-state index in [1.807, 2.05) is 19.1 Å². The minimum absolute atomic E-state index is 0.128. The average Bonchev–Trinajstić information content (AvgIpc) is 2.84. The van der Waals surface area contributed by atoms with Gasteiger partial charge in [0, 0.05) is 29.7 Å². The Morgan fingerprint density at radius 1 is 1.12 bits per heavy atom. The number of fused-ring (bicyclic) bond motifs is 1. The van der Waals surface area contributed by atoms with Crippen molar-refractivity contribution in [2.75, 3.05) is 20.8 Å². The molecule has 0 aliphatic carbocycles. The van der Waals surface area contributed by atoms with Crippen molar-refractivity contribution in [3.05, 3.63) is 93.8 Å². The van der Waals surface area contributed by atoms with Gasteiger partial charge in [-0.1, -0.05) is 29.8 Å². The predicted octanol–water partition coefficient (Wildman–Crippen LogP) is 5.41. The van der Waals surface area contributed by atoms with E-state index in [0.717, 1.165) is 29.7 Å². The minimum Gasteiger partial charge on any atom is -0.493 e. The molecule has 2 atom stereocenters. The van der Waals surface area contributed by atoms with Crippen molar-refractivity contribution in [3.8, 4) is 11.5 Å². The zero-order valence-corrected chi connectivity index (χ0v) is 20.2. The van der Waals surface area contributed by atoms with Crippen LogP contribution < -0.4 is 14.8 Å². The van der Waals surface area contributed by atoms with Crippen LogP contribution in [-0.2, 0) is 13.0 Å². The summed E-state index contributed by atoms with van der Waals surface area (Å²) >= 11 is 6.09. The molecule has 0 saturated heterocycles. The SMILES string of the molecule is COc1cc2c(cc1OC)C(C(C)NC(=O)c1cccc(Cl)c1)N(Cc1ccc(F)cc1)CC2. The van der Waals surface area contributed by atoms with E-state index in [4.69, 9.17) is 21.1 Å². The number of halogens is 2. The van der Waals surface area contributed by atoms with Crippen molar-refractivity contribution in [2.24, 2.45) is 0 Å². The standard InChI is InChI=1S/C27H28ClFN2O3/c1-17(30-27(32)20-5-4-6-21(28)13-20)26-23-15-25(34-3)24(33-2)14-19(23)11-12-31(26)16-18-7-9-22(29)10-8-18/h4-10,13-15,17,26H,11-12,16H2,1-3H3,(H,30,32). The number of amides is 1. The number of ether oxygens (including phenoxy) is 2. The molecule has 0 spiro atoms. The van der Waals surface area contributed by atoms with Crippen LogP contribution in [0.5, 0.6) is 11.5 Å². The van der Waals surface area contributed by atoms with Gasteiger partial charge in [0.1, 0.15) is 5.82 Å². The Balaban J connectivity index is 1.68. The van der Waals surface area contributed by atoms with Gasteiger partial charge in [0.2, 0.25) is 0 Å². The van der Waals surface area contributed by atoms with Gasteiger partial charge in [-0.15, -0.1) is 0 Å². The molecular formula is C27H28ClFN2O3. The lowest BCUT2D eigenvalue weighted by Crippen LogP contribution is -2.47. The van der Waals surface area contributed by atoms with Gasteiger partial charge in [0.15, 0.2) is 11.5 Å². The molecule has 1 aliphatic rings. The second-order valence-electron chi connectivity index (χ2n) is 8.47. The molecule has 178 valence electrons. The first-order valence-electron chi connectivity index (χ1n) is 11.2. The lowest BCUT2D eigenvalue weighted by molar-refractivity contribution is 0.0877. The fourth-order valence-electron chi connectivity index (χ4n) is 4.61. The first-order valence-corrected chi connectivity index (χ1v) is 11.6. The molecule has 3 aromatic carbocycles. The molecule has 0 bridgehead atoms. The lowest BCUT2D eigenvalue weighted by atomic mass is 9.87. The van der Waals surface area contributed by atoms with Crippen molar-refractivity contribution in [1.29, 1.82) is 0 Å². The summed E-state index contributed by atoms with van der Waals surface area (Å²) in [4.78, 5) is 15.3. The molecule has 0 aromatic heterocycles. The van der Waals surface area contributed by atoms with Crippen molar-refractivity contribution in [3.63, 3.8) is 0 Å². The van der Waals surface area contributed by atoms with E-state index in [1.54, 1.807) is 50.6 Å². The lowest BCUT2D eigenvalue weighted by Gasteiger charge is -2.41. The molecule has 1 aliphatic heterocycles. The first kappa shape index (κ1) is 24.0. The quantitative estimate of drug-likeness (QED) is 0.489. The summed E-state index contributed by atoms with van der Waals surface area (Å²) in [6, 6.07) is 17.1. The zero-order chi connectivity index (χ0) is 24.2. The Bertz CT molecular complexity index is 1170. The van der Waals surface area contributed by atoms with E-state index in [1.165, 1.54) is 12.1 Å². The zero-order valence-electron chi connectivity index (χ0n) is 19.5. The second-order valence-corrected chi connectivity index (χ2v) is 8.91. The van der Waals surface area contributed by atoms with Crippen LogP contribution >= 0.6 is 11.6 Å². The molecule has 1 N–H and O–H groups in total. The maximum atomic E-state index is 13.5. The largest absolute Gasteiger partial charge is 0.493 e. The van der Waals surface area contributed by atoms with Gasteiger partial charge in [-0.2, -0.15) is 0 Å². The average molecular weight is 483 g/mol. The van der Waals surface area contributed by atoms with Crippen LogP contribution in [0.2, 0.25) is 5.02 Å². The highest BCUT2D eigenvalue weighted by Crippen LogP contribution is 2.40. The molecule has 0 radical (unpaired) electrons. The highest BCUT2D eigenvalue weighted by Gasteiger charge is 2.34. The Morgan fingerprint density at radius 3 is 2.50 bits per heavy atom. The van der Waals surface area contributed by atoms with Crippen LogP contribution in [0.15, 0.2) is 60.7 Å². The van der Waals surface area contributed by atoms with Crippen LogP contribution in [0.25, 0.3) is 0 Å². The molecule has 1 amide bonds. The summed E-state index contributed by atoms with van der Waals surface area (Å²) in [5.41, 5.74) is 3.74. The maximum Gasteiger partial charge on any atom is 0.251 e. The molecule has 4 rings (SSSR count). The number of nitrogens with zero attached hydrogens (tertiary/aromatic N) is 1. The van der Waals surface area contributed by atoms with Crippen LogP contribution in [0.4, 0.5) is 4.39 Å². The minimum atomic E-state index is -0.261. The Kier molecular flexibility index (Phi) is 7.39. The first-order chi connectivity index (χ1) is 16.4. The fourth-order valence-corrected chi connectivity index (χ4v) is 4.80. The van der Waals surface area contributed by atoms with Gasteiger partial charge in [-0.3, -0.25) is 9.69 Å². The smallest absolute Gasteiger partial charge is 0.251 e. The molecule has 0 fully saturated rings. The highest BCUT2D eigenvalue weighted by molar-refractivity contribution is 6.30. The highest BCUT2D eigenvalue weighted by atomic mass is 35.5. The number of carbonyl (C=O) groups is 1. The summed E-state index contributed by atoms with van der Waals surface area (Å²) in [5, 5.41) is 3.67. The number of benzene rings is 3. The van der Waals surface area contributed by atoms with Crippen LogP contribution in [0.1, 0.15) is 40.0 Å². The van der Waals surface area contributed by atoms with Gasteiger partial charge in [-0.25, -0.2) is 4.39 Å².